The summed E-state index contributed by atoms with van der Waals surface area (Å²) in [6, 6.07) is 8.07. The normalized spacial score (nSPS) is 32.1. The Hall–Kier alpha value is -2.04. The molecule has 1 aromatic rings. The number of ketones is 1. The van der Waals surface area contributed by atoms with Crippen molar-refractivity contribution in [2.24, 2.45) is 16.2 Å². The van der Waals surface area contributed by atoms with Gasteiger partial charge in [0.1, 0.15) is 11.5 Å². The van der Waals surface area contributed by atoms with Gasteiger partial charge >= 0.3 is 0 Å². The predicted molar refractivity (Wildman–Crippen MR) is 105 cm³/mol. The minimum Gasteiger partial charge on any atom is -0.497 e. The largest absolute Gasteiger partial charge is 0.497 e. The number of carbonyl (C=O) groups excluding carboxylic acids is 2. The number of Topliss-reactive ketones (excluding diaryl/α,β-unsaturated/α-hetero) is 1. The zero-order valence-electron chi connectivity index (χ0n) is 16.9. The zero-order valence-corrected chi connectivity index (χ0v) is 16.9. The third kappa shape index (κ3) is 2.36. The molecule has 0 spiro atoms. The summed E-state index contributed by atoms with van der Waals surface area (Å²) in [7, 11) is 1.67. The Morgan fingerprint density at radius 1 is 1.00 bits per heavy atom. The molecule has 0 unspecified atom stereocenters. The molecular formula is C22H30N2O3. The molecule has 3 aliphatic rings. The lowest BCUT2D eigenvalue weighted by atomic mass is 9.64. The van der Waals surface area contributed by atoms with Crippen LogP contribution in [0.15, 0.2) is 24.3 Å². The molecule has 1 heterocycles. The maximum absolute atomic E-state index is 13.5. The number of rotatable bonds is 3. The highest BCUT2D eigenvalue weighted by atomic mass is 16.5. The number of anilines is 1. The van der Waals surface area contributed by atoms with Crippen molar-refractivity contribution in [3.63, 3.8) is 0 Å². The van der Waals surface area contributed by atoms with Gasteiger partial charge in [0.2, 0.25) is 5.91 Å². The summed E-state index contributed by atoms with van der Waals surface area (Å²) in [5, 5.41) is 0. The van der Waals surface area contributed by atoms with Crippen molar-refractivity contribution in [1.29, 1.82) is 0 Å². The standard InChI is InChI=1S/C22H30N2O3/c1-20(2)21(3)9-10-22(20,15-18(21)25)19(26)24-13-11-23(12-14-24)16-5-7-17(27-4)8-6-16/h5-8H,9-15H2,1-4H3/t21-,22+/m0/s1. The van der Waals surface area contributed by atoms with E-state index in [0.29, 0.717) is 19.5 Å². The number of ether oxygens (including phenoxy) is 1. The molecule has 146 valence electrons. The molecule has 5 nitrogen and oxygen atoms in total. The molecule has 2 saturated carbocycles. The second-order valence-electron chi connectivity index (χ2n) is 9.12. The van der Waals surface area contributed by atoms with E-state index >= 15 is 0 Å². The van der Waals surface area contributed by atoms with E-state index in [1.54, 1.807) is 7.11 Å². The van der Waals surface area contributed by atoms with E-state index in [9.17, 15) is 9.59 Å². The van der Waals surface area contributed by atoms with Crippen molar-refractivity contribution in [3.8, 4) is 5.75 Å². The van der Waals surface area contributed by atoms with Crippen LogP contribution in [0, 0.1) is 16.2 Å². The molecule has 0 N–H and O–H groups in total. The molecular weight excluding hydrogens is 340 g/mol. The number of nitrogens with zero attached hydrogens (tertiary/aromatic N) is 2. The van der Waals surface area contributed by atoms with Crippen molar-refractivity contribution in [2.75, 3.05) is 38.2 Å². The molecule has 2 bridgehead atoms. The van der Waals surface area contributed by atoms with Crippen LogP contribution in [0.1, 0.15) is 40.0 Å². The van der Waals surface area contributed by atoms with Gasteiger partial charge in [-0.25, -0.2) is 0 Å². The van der Waals surface area contributed by atoms with Gasteiger partial charge in [0.05, 0.1) is 12.5 Å². The molecule has 1 aliphatic heterocycles. The van der Waals surface area contributed by atoms with Crippen LogP contribution in [0.2, 0.25) is 0 Å². The van der Waals surface area contributed by atoms with Crippen molar-refractivity contribution >= 4 is 17.4 Å². The van der Waals surface area contributed by atoms with E-state index in [4.69, 9.17) is 4.74 Å². The fourth-order valence-electron chi connectivity index (χ4n) is 5.60. The SMILES string of the molecule is COc1ccc(N2CCN(C(=O)[C@@]34CC[C@@](C)(C(=O)C3)C4(C)C)CC2)cc1. The van der Waals surface area contributed by atoms with Gasteiger partial charge in [0.15, 0.2) is 0 Å². The maximum atomic E-state index is 13.5. The Labute approximate surface area is 161 Å². The maximum Gasteiger partial charge on any atom is 0.229 e. The highest BCUT2D eigenvalue weighted by Crippen LogP contribution is 2.71. The molecule has 1 aromatic carbocycles. The Bertz CT molecular complexity index is 764. The number of methoxy groups -OCH3 is 1. The fourth-order valence-corrected chi connectivity index (χ4v) is 5.60. The molecule has 27 heavy (non-hydrogen) atoms. The van der Waals surface area contributed by atoms with Gasteiger partial charge in [-0.15, -0.1) is 0 Å². The van der Waals surface area contributed by atoms with Crippen molar-refractivity contribution in [2.45, 2.75) is 40.0 Å². The number of fused-ring (bicyclic) bond motifs is 2. The van der Waals surface area contributed by atoms with Crippen LogP contribution in [0.25, 0.3) is 0 Å². The number of benzene rings is 1. The van der Waals surface area contributed by atoms with E-state index in [1.165, 1.54) is 0 Å². The smallest absolute Gasteiger partial charge is 0.229 e. The van der Waals surface area contributed by atoms with E-state index in [-0.39, 0.29) is 22.5 Å². The van der Waals surface area contributed by atoms with Crippen molar-refractivity contribution in [1.82, 2.24) is 4.90 Å². The number of amides is 1. The topological polar surface area (TPSA) is 49.9 Å². The van der Waals surface area contributed by atoms with Crippen LogP contribution in [0.4, 0.5) is 5.69 Å². The quantitative estimate of drug-likeness (QED) is 0.820. The number of hydrogen-bond acceptors (Lipinski definition) is 4. The summed E-state index contributed by atoms with van der Waals surface area (Å²) in [5.41, 5.74) is 0.0570. The number of piperazine rings is 1. The Kier molecular flexibility index (Phi) is 4.06. The van der Waals surface area contributed by atoms with E-state index in [0.717, 1.165) is 37.4 Å². The third-order valence-corrected chi connectivity index (χ3v) is 8.12. The van der Waals surface area contributed by atoms with Crippen molar-refractivity contribution < 1.29 is 14.3 Å². The van der Waals surface area contributed by atoms with Gasteiger partial charge in [-0.05, 0) is 42.5 Å². The van der Waals surface area contributed by atoms with Crippen LogP contribution in [0.5, 0.6) is 5.75 Å². The second-order valence-corrected chi connectivity index (χ2v) is 9.12. The Balaban J connectivity index is 1.47. The molecule has 5 heteroatoms. The van der Waals surface area contributed by atoms with E-state index in [2.05, 4.69) is 37.8 Å². The van der Waals surface area contributed by atoms with Crippen LogP contribution in [0.3, 0.4) is 0 Å². The molecule has 0 radical (unpaired) electrons. The van der Waals surface area contributed by atoms with Crippen LogP contribution in [-0.4, -0.2) is 49.9 Å². The van der Waals surface area contributed by atoms with Gasteiger partial charge in [0.25, 0.3) is 0 Å². The highest BCUT2D eigenvalue weighted by Gasteiger charge is 2.73. The summed E-state index contributed by atoms with van der Waals surface area (Å²) in [6.45, 7) is 9.41. The molecule has 2 aliphatic carbocycles. The van der Waals surface area contributed by atoms with Gasteiger partial charge < -0.3 is 14.5 Å². The summed E-state index contributed by atoms with van der Waals surface area (Å²) in [4.78, 5) is 30.5. The van der Waals surface area contributed by atoms with Gasteiger partial charge in [0, 0.05) is 43.7 Å². The molecule has 0 aromatic heterocycles. The fraction of sp³-hybridized carbons (Fsp3) is 0.636. The van der Waals surface area contributed by atoms with E-state index in [1.807, 2.05) is 17.0 Å². The first kappa shape index (κ1) is 18.3. The summed E-state index contributed by atoms with van der Waals surface area (Å²) < 4.78 is 5.23. The minimum atomic E-state index is -0.499. The zero-order chi connectivity index (χ0) is 19.4. The van der Waals surface area contributed by atoms with Gasteiger partial charge in [-0.3, -0.25) is 9.59 Å². The summed E-state index contributed by atoms with van der Waals surface area (Å²) in [5.74, 6) is 1.34. The average molecular weight is 370 g/mol. The first-order valence-corrected chi connectivity index (χ1v) is 9.97. The lowest BCUT2D eigenvalue weighted by Gasteiger charge is -2.44. The third-order valence-electron chi connectivity index (χ3n) is 8.12. The Morgan fingerprint density at radius 3 is 2.11 bits per heavy atom. The second kappa shape index (κ2) is 5.98. The number of carbonyl (C=O) groups is 2. The first-order chi connectivity index (χ1) is 12.7. The summed E-state index contributed by atoms with van der Waals surface area (Å²) in [6.07, 6.45) is 2.12. The van der Waals surface area contributed by atoms with Gasteiger partial charge in [-0.2, -0.15) is 0 Å². The van der Waals surface area contributed by atoms with Crippen LogP contribution in [-0.2, 0) is 9.59 Å². The van der Waals surface area contributed by atoms with Crippen LogP contribution >= 0.6 is 0 Å². The summed E-state index contributed by atoms with van der Waals surface area (Å²) >= 11 is 0. The van der Waals surface area contributed by atoms with Crippen LogP contribution < -0.4 is 9.64 Å². The van der Waals surface area contributed by atoms with Gasteiger partial charge in [-0.1, -0.05) is 20.8 Å². The minimum absolute atomic E-state index is 0.205. The molecule has 1 saturated heterocycles. The monoisotopic (exact) mass is 370 g/mol. The number of hydrogen-bond donors (Lipinski definition) is 0. The Morgan fingerprint density at radius 2 is 1.63 bits per heavy atom. The first-order valence-electron chi connectivity index (χ1n) is 9.97. The lowest BCUT2D eigenvalue weighted by Crippen LogP contribution is -2.55. The lowest BCUT2D eigenvalue weighted by molar-refractivity contribution is -0.148. The van der Waals surface area contributed by atoms with Crippen molar-refractivity contribution in [3.05, 3.63) is 24.3 Å². The predicted octanol–water partition coefficient (Wildman–Crippen LogP) is 3.13. The molecule has 4 rings (SSSR count). The highest BCUT2D eigenvalue weighted by molar-refractivity contribution is 5.99. The molecule has 3 fully saturated rings. The molecule has 2 atom stereocenters. The molecule has 1 amide bonds. The van der Waals surface area contributed by atoms with E-state index < -0.39 is 5.41 Å². The average Bonchev–Trinajstić information content (AvgIpc) is 2.98.